The topological polar surface area (TPSA) is 77.7 Å². The number of furan rings is 1. The Morgan fingerprint density at radius 3 is 1.95 bits per heavy atom. The summed E-state index contributed by atoms with van der Waals surface area (Å²) in [7, 11) is 0. The highest BCUT2D eigenvalue weighted by Gasteiger charge is 2.42. The van der Waals surface area contributed by atoms with Gasteiger partial charge in [0.15, 0.2) is 17.2 Å². The summed E-state index contributed by atoms with van der Waals surface area (Å²) in [5.74, 6) is 2.56. The molecule has 0 fully saturated rings. The van der Waals surface area contributed by atoms with E-state index in [-0.39, 0.29) is 18.4 Å². The first kappa shape index (κ1) is 25.6. The lowest BCUT2D eigenvalue weighted by Gasteiger charge is -2.35. The predicted molar refractivity (Wildman–Crippen MR) is 166 cm³/mol. The number of hydrogen-bond acceptors (Lipinski definition) is 9. The second-order valence-electron chi connectivity index (χ2n) is 11.7. The zero-order chi connectivity index (χ0) is 28.7. The lowest BCUT2D eigenvalue weighted by Crippen LogP contribution is -2.43. The highest BCUT2D eigenvalue weighted by molar-refractivity contribution is 6.12. The molecule has 6 heterocycles. The minimum absolute atomic E-state index is 0.0201. The van der Waals surface area contributed by atoms with E-state index in [2.05, 4.69) is 96.2 Å². The van der Waals surface area contributed by atoms with Crippen LogP contribution in [0.3, 0.4) is 0 Å². The van der Waals surface area contributed by atoms with Gasteiger partial charge < -0.3 is 24.0 Å². The molecule has 0 saturated heterocycles. The molecule has 4 aromatic heterocycles. The molecule has 0 radical (unpaired) electrons. The van der Waals surface area contributed by atoms with Crippen molar-refractivity contribution in [2.45, 2.75) is 79.8 Å². The van der Waals surface area contributed by atoms with E-state index in [0.717, 1.165) is 56.3 Å². The zero-order valence-corrected chi connectivity index (χ0v) is 24.9. The van der Waals surface area contributed by atoms with Gasteiger partial charge >= 0.3 is 0 Å². The molecule has 2 aliphatic heterocycles. The monoisotopic (exact) mass is 548 g/mol. The summed E-state index contributed by atoms with van der Waals surface area (Å²) in [6.07, 6.45) is 5.72. The molecule has 1 aromatic carbocycles. The number of aromatic nitrogens is 4. The van der Waals surface area contributed by atoms with Crippen molar-refractivity contribution >= 4 is 56.5 Å². The van der Waals surface area contributed by atoms with Crippen LogP contribution in [0, 0.1) is 13.8 Å². The third kappa shape index (κ3) is 3.54. The molecule has 41 heavy (non-hydrogen) atoms. The van der Waals surface area contributed by atoms with E-state index in [4.69, 9.17) is 14.4 Å². The van der Waals surface area contributed by atoms with Crippen LogP contribution in [-0.4, -0.2) is 44.4 Å². The number of anilines is 6. The van der Waals surface area contributed by atoms with Crippen LogP contribution in [0.15, 0.2) is 53.3 Å². The molecular formula is C32H36N8O. The van der Waals surface area contributed by atoms with Crippen LogP contribution in [0.5, 0.6) is 0 Å². The summed E-state index contributed by atoms with van der Waals surface area (Å²) in [5, 5.41) is 1.88. The first-order valence-electron chi connectivity index (χ1n) is 14.4. The summed E-state index contributed by atoms with van der Waals surface area (Å²) >= 11 is 0. The van der Waals surface area contributed by atoms with Gasteiger partial charge in [-0.3, -0.25) is 0 Å². The number of hydrogen-bond donors (Lipinski definition) is 0. The maximum absolute atomic E-state index is 6.61. The number of rotatable bonds is 4. The molecule has 0 N–H and O–H groups in total. The Labute approximate surface area is 240 Å². The molecule has 0 saturated carbocycles. The minimum atomic E-state index is 0.0201. The molecule has 0 aliphatic carbocycles. The smallest absolute Gasteiger partial charge is 0.230 e. The van der Waals surface area contributed by atoms with Crippen LogP contribution in [-0.2, 0) is 0 Å². The first-order valence-corrected chi connectivity index (χ1v) is 14.4. The maximum Gasteiger partial charge on any atom is 0.230 e. The van der Waals surface area contributed by atoms with Crippen molar-refractivity contribution in [1.82, 2.24) is 19.9 Å². The summed E-state index contributed by atoms with van der Waals surface area (Å²) in [4.78, 5) is 28.6. The second kappa shape index (κ2) is 9.06. The van der Waals surface area contributed by atoms with E-state index < -0.39 is 0 Å². The van der Waals surface area contributed by atoms with Crippen LogP contribution in [0.4, 0.5) is 34.4 Å². The van der Waals surface area contributed by atoms with Crippen molar-refractivity contribution in [2.75, 3.05) is 19.6 Å². The van der Waals surface area contributed by atoms with Crippen LogP contribution in [0.25, 0.3) is 22.1 Å². The largest absolute Gasteiger partial charge is 0.435 e. The van der Waals surface area contributed by atoms with Gasteiger partial charge in [0.25, 0.3) is 0 Å². The van der Waals surface area contributed by atoms with E-state index in [9.17, 15) is 0 Å². The Balaban J connectivity index is 1.55. The molecular weight excluding hydrogens is 512 g/mol. The standard InChI is InChI=1S/C32H36N8O/c1-17(2)37-21(7)39(30-25(37)11-9-13-33-30)27-15-23-24-16-35-20(6)36-32(24)41-29(23)28(19(27)5)40-22(8)38(18(3)4)26-12-10-14-34-31(26)40/h9-18,21-22H,1-8H3/t21-,22+/m1/s1. The molecule has 0 amide bonds. The van der Waals surface area contributed by atoms with E-state index >= 15 is 0 Å². The van der Waals surface area contributed by atoms with Crippen LogP contribution >= 0.6 is 0 Å². The summed E-state index contributed by atoms with van der Waals surface area (Å²) in [6.45, 7) is 17.5. The van der Waals surface area contributed by atoms with Gasteiger partial charge in [-0.25, -0.2) is 15.0 Å². The predicted octanol–water partition coefficient (Wildman–Crippen LogP) is 7.21. The summed E-state index contributed by atoms with van der Waals surface area (Å²) in [5.41, 5.74) is 6.83. The van der Waals surface area contributed by atoms with Crippen LogP contribution < -0.4 is 19.6 Å². The van der Waals surface area contributed by atoms with Gasteiger partial charge in [-0.1, -0.05) is 0 Å². The van der Waals surface area contributed by atoms with Crippen molar-refractivity contribution in [1.29, 1.82) is 0 Å². The van der Waals surface area contributed by atoms with Crippen LogP contribution in [0.1, 0.15) is 52.9 Å². The number of fused-ring (bicyclic) bond motifs is 5. The molecule has 0 spiro atoms. The fraction of sp³-hybridized carbons (Fsp3) is 0.375. The lowest BCUT2D eigenvalue weighted by atomic mass is 10.0. The van der Waals surface area contributed by atoms with E-state index in [1.54, 1.807) is 0 Å². The Bertz CT molecular complexity index is 1810. The fourth-order valence-electron chi connectivity index (χ4n) is 6.97. The Morgan fingerprint density at radius 2 is 1.34 bits per heavy atom. The van der Waals surface area contributed by atoms with E-state index in [1.165, 1.54) is 0 Å². The van der Waals surface area contributed by atoms with E-state index in [0.29, 0.717) is 17.6 Å². The van der Waals surface area contributed by atoms with Gasteiger partial charge in [-0.15, -0.1) is 0 Å². The van der Waals surface area contributed by atoms with Gasteiger partial charge in [-0.05, 0) is 85.7 Å². The maximum atomic E-state index is 6.61. The third-order valence-corrected chi connectivity index (χ3v) is 8.55. The number of benzene rings is 1. The second-order valence-corrected chi connectivity index (χ2v) is 11.7. The summed E-state index contributed by atoms with van der Waals surface area (Å²) < 4.78 is 6.61. The van der Waals surface area contributed by atoms with E-state index in [1.807, 2.05) is 37.6 Å². The normalized spacial score (nSPS) is 18.5. The lowest BCUT2D eigenvalue weighted by molar-refractivity contribution is 0.599. The highest BCUT2D eigenvalue weighted by atomic mass is 16.3. The molecule has 210 valence electrons. The Hall–Kier alpha value is -4.40. The van der Waals surface area contributed by atoms with Crippen molar-refractivity contribution in [3.63, 3.8) is 0 Å². The van der Waals surface area contributed by atoms with Crippen molar-refractivity contribution in [3.8, 4) is 0 Å². The van der Waals surface area contributed by atoms with Gasteiger partial charge in [-0.2, -0.15) is 4.98 Å². The fourth-order valence-corrected chi connectivity index (χ4v) is 6.97. The SMILES string of the molecule is Cc1ncc2c(n1)oc1c(N3c4ncccc4N(C(C)C)[C@@H]3C)c(C)c(N3c4ncccc4N(C(C)C)[C@H]3C)cc12. The molecule has 2 atom stereocenters. The quantitative estimate of drug-likeness (QED) is 0.231. The van der Waals surface area contributed by atoms with Crippen molar-refractivity contribution in [3.05, 3.63) is 60.3 Å². The molecule has 9 heteroatoms. The zero-order valence-electron chi connectivity index (χ0n) is 24.9. The number of aryl methyl sites for hydroxylation is 1. The van der Waals surface area contributed by atoms with Gasteiger partial charge in [0.2, 0.25) is 5.71 Å². The molecule has 2 aliphatic rings. The minimum Gasteiger partial charge on any atom is -0.435 e. The molecule has 0 unspecified atom stereocenters. The molecule has 9 nitrogen and oxygen atoms in total. The van der Waals surface area contributed by atoms with Crippen molar-refractivity contribution < 1.29 is 4.42 Å². The first-order chi connectivity index (χ1) is 19.7. The number of pyridine rings is 2. The van der Waals surface area contributed by atoms with Gasteiger partial charge in [0, 0.05) is 41.6 Å². The highest BCUT2D eigenvalue weighted by Crippen LogP contribution is 2.52. The average Bonchev–Trinajstić information content (AvgIpc) is 3.54. The van der Waals surface area contributed by atoms with Crippen molar-refractivity contribution in [2.24, 2.45) is 0 Å². The average molecular weight is 549 g/mol. The Morgan fingerprint density at radius 1 is 0.756 bits per heavy atom. The van der Waals surface area contributed by atoms with Crippen LogP contribution in [0.2, 0.25) is 0 Å². The Kier molecular flexibility index (Phi) is 5.65. The summed E-state index contributed by atoms with van der Waals surface area (Å²) in [6, 6.07) is 11.2. The van der Waals surface area contributed by atoms with Gasteiger partial charge in [0.05, 0.1) is 28.1 Å². The number of nitrogens with zero attached hydrogens (tertiary/aromatic N) is 8. The molecule has 5 aromatic rings. The van der Waals surface area contributed by atoms with Gasteiger partial charge in [0.1, 0.15) is 18.2 Å². The molecule has 7 rings (SSSR count). The molecule has 0 bridgehead atoms. The third-order valence-electron chi connectivity index (χ3n) is 8.55.